The minimum absolute atomic E-state index is 0.390. The predicted molar refractivity (Wildman–Crippen MR) is 61.1 cm³/mol. The molecule has 2 aromatic rings. The maximum absolute atomic E-state index is 10.8. The number of aldehydes is 1. The van der Waals surface area contributed by atoms with Crippen LogP contribution in [0.25, 0.3) is 10.9 Å². The zero-order valence-electron chi connectivity index (χ0n) is 7.40. The van der Waals surface area contributed by atoms with E-state index in [0.717, 1.165) is 27.2 Å². The van der Waals surface area contributed by atoms with E-state index in [0.29, 0.717) is 10.7 Å². The van der Waals surface area contributed by atoms with E-state index in [1.807, 2.05) is 19.1 Å². The number of aryl methyl sites for hydroxylation is 1. The first-order valence-corrected chi connectivity index (χ1v) is 5.23. The highest BCUT2D eigenvalue weighted by molar-refractivity contribution is 9.10. The van der Waals surface area contributed by atoms with E-state index in [4.69, 9.17) is 11.6 Å². The van der Waals surface area contributed by atoms with Gasteiger partial charge in [0.25, 0.3) is 0 Å². The molecule has 1 aromatic heterocycles. The molecular formula is C10H7BrClNO. The average Bonchev–Trinajstić information content (AvgIpc) is 2.41. The normalized spacial score (nSPS) is 10.8. The molecule has 0 spiro atoms. The highest BCUT2D eigenvalue weighted by Gasteiger charge is 2.11. The van der Waals surface area contributed by atoms with Gasteiger partial charge in [-0.15, -0.1) is 0 Å². The second-order valence-electron chi connectivity index (χ2n) is 3.14. The van der Waals surface area contributed by atoms with Crippen LogP contribution in [0.4, 0.5) is 0 Å². The number of hydrogen-bond acceptors (Lipinski definition) is 1. The number of aromatic amines is 1. The van der Waals surface area contributed by atoms with Gasteiger partial charge in [0.05, 0.1) is 11.1 Å². The van der Waals surface area contributed by atoms with Gasteiger partial charge in [0.1, 0.15) is 5.15 Å². The molecule has 0 amide bonds. The summed E-state index contributed by atoms with van der Waals surface area (Å²) < 4.78 is 0.919. The summed E-state index contributed by atoms with van der Waals surface area (Å²) in [6, 6.07) is 3.91. The topological polar surface area (TPSA) is 32.9 Å². The molecule has 0 unspecified atom stereocenters. The van der Waals surface area contributed by atoms with E-state index in [9.17, 15) is 4.79 Å². The van der Waals surface area contributed by atoms with Crippen LogP contribution >= 0.6 is 27.5 Å². The number of hydrogen-bond donors (Lipinski definition) is 1. The average molecular weight is 273 g/mol. The second-order valence-corrected chi connectivity index (χ2v) is 4.37. The van der Waals surface area contributed by atoms with E-state index >= 15 is 0 Å². The van der Waals surface area contributed by atoms with E-state index < -0.39 is 0 Å². The van der Waals surface area contributed by atoms with Gasteiger partial charge in [-0.3, -0.25) is 4.79 Å². The molecule has 2 nitrogen and oxygen atoms in total. The fourth-order valence-corrected chi connectivity index (χ4v) is 2.41. The lowest BCUT2D eigenvalue weighted by Gasteiger charge is -1.97. The molecule has 1 N–H and O–H groups in total. The van der Waals surface area contributed by atoms with Crippen LogP contribution < -0.4 is 0 Å². The van der Waals surface area contributed by atoms with Gasteiger partial charge < -0.3 is 4.98 Å². The molecule has 0 fully saturated rings. The summed E-state index contributed by atoms with van der Waals surface area (Å²) in [5.74, 6) is 0. The summed E-state index contributed by atoms with van der Waals surface area (Å²) in [5.41, 5.74) is 2.47. The Morgan fingerprint density at radius 2 is 2.21 bits per heavy atom. The highest BCUT2D eigenvalue weighted by atomic mass is 79.9. The largest absolute Gasteiger partial charge is 0.344 e. The van der Waals surface area contributed by atoms with E-state index in [1.54, 1.807) is 0 Å². The number of carbonyl (C=O) groups excluding carboxylic acids is 1. The number of benzene rings is 1. The van der Waals surface area contributed by atoms with Crippen LogP contribution in [0.3, 0.4) is 0 Å². The lowest BCUT2D eigenvalue weighted by molar-refractivity contribution is 0.112. The smallest absolute Gasteiger partial charge is 0.153 e. The van der Waals surface area contributed by atoms with Gasteiger partial charge in [-0.1, -0.05) is 11.6 Å². The number of nitrogens with one attached hydrogen (secondary N) is 1. The third-order valence-electron chi connectivity index (χ3n) is 2.11. The minimum Gasteiger partial charge on any atom is -0.344 e. The zero-order valence-corrected chi connectivity index (χ0v) is 9.74. The Labute approximate surface area is 94.4 Å². The molecule has 1 aromatic carbocycles. The number of aromatic nitrogens is 1. The van der Waals surface area contributed by atoms with Gasteiger partial charge in [-0.2, -0.15) is 0 Å². The van der Waals surface area contributed by atoms with Crippen LogP contribution in [-0.2, 0) is 0 Å². The Morgan fingerprint density at radius 1 is 1.50 bits per heavy atom. The second kappa shape index (κ2) is 3.41. The fraction of sp³-hybridized carbons (Fsp3) is 0.100. The molecule has 0 aliphatic heterocycles. The van der Waals surface area contributed by atoms with Crippen LogP contribution in [0.5, 0.6) is 0 Å². The van der Waals surface area contributed by atoms with Crippen molar-refractivity contribution in [3.8, 4) is 0 Å². The first-order valence-electron chi connectivity index (χ1n) is 4.06. The van der Waals surface area contributed by atoms with Gasteiger partial charge in [0, 0.05) is 9.86 Å². The quantitative estimate of drug-likeness (QED) is 0.789. The lowest BCUT2D eigenvalue weighted by Crippen LogP contribution is -1.79. The standard InChI is InChI=1S/C10H7BrClNO/c1-5-2-6-7(4-14)10(12)13-9(6)8(11)3-5/h2-4,13H,1H3. The molecule has 1 heterocycles. The van der Waals surface area contributed by atoms with Crippen molar-refractivity contribution in [2.75, 3.05) is 0 Å². The third kappa shape index (κ3) is 1.37. The number of halogens is 2. The Bertz CT molecular complexity index is 518. The Kier molecular flexibility index (Phi) is 2.37. The Balaban J connectivity index is 2.94. The highest BCUT2D eigenvalue weighted by Crippen LogP contribution is 2.31. The SMILES string of the molecule is Cc1cc(Br)c2[nH]c(Cl)c(C=O)c2c1. The molecule has 4 heteroatoms. The van der Waals surface area contributed by atoms with Crippen molar-refractivity contribution in [1.29, 1.82) is 0 Å². The van der Waals surface area contributed by atoms with Crippen LogP contribution in [0, 0.1) is 6.92 Å². The molecule has 0 radical (unpaired) electrons. The molecule has 2 rings (SSSR count). The van der Waals surface area contributed by atoms with Crippen LogP contribution in [0.15, 0.2) is 16.6 Å². The fourth-order valence-electron chi connectivity index (χ4n) is 1.49. The number of carbonyl (C=O) groups is 1. The summed E-state index contributed by atoms with van der Waals surface area (Å²) in [7, 11) is 0. The van der Waals surface area contributed by atoms with E-state index in [-0.39, 0.29) is 0 Å². The van der Waals surface area contributed by atoms with Crippen molar-refractivity contribution in [1.82, 2.24) is 4.98 Å². The molecule has 0 aliphatic carbocycles. The Hall–Kier alpha value is -0.800. The Morgan fingerprint density at radius 3 is 2.86 bits per heavy atom. The van der Waals surface area contributed by atoms with E-state index in [1.165, 1.54) is 0 Å². The first kappa shape index (κ1) is 9.74. The van der Waals surface area contributed by atoms with Crippen LogP contribution in [0.1, 0.15) is 15.9 Å². The van der Waals surface area contributed by atoms with Gasteiger partial charge in [0.2, 0.25) is 0 Å². The third-order valence-corrected chi connectivity index (χ3v) is 3.04. The molecule has 0 bridgehead atoms. The predicted octanol–water partition coefficient (Wildman–Crippen LogP) is 3.70. The van der Waals surface area contributed by atoms with Crippen molar-refractivity contribution in [3.63, 3.8) is 0 Å². The molecule has 0 saturated carbocycles. The molecule has 0 atom stereocenters. The number of rotatable bonds is 1. The monoisotopic (exact) mass is 271 g/mol. The summed E-state index contributed by atoms with van der Waals surface area (Å²) in [6.45, 7) is 1.97. The van der Waals surface area contributed by atoms with Crippen molar-refractivity contribution < 1.29 is 4.79 Å². The van der Waals surface area contributed by atoms with Gasteiger partial charge in [0.15, 0.2) is 6.29 Å². The lowest BCUT2D eigenvalue weighted by atomic mass is 10.1. The number of H-pyrrole nitrogens is 1. The van der Waals surface area contributed by atoms with Crippen molar-refractivity contribution >= 4 is 44.7 Å². The minimum atomic E-state index is 0.390. The zero-order chi connectivity index (χ0) is 10.3. The molecule has 72 valence electrons. The summed E-state index contributed by atoms with van der Waals surface area (Å²) >= 11 is 9.30. The summed E-state index contributed by atoms with van der Waals surface area (Å²) in [4.78, 5) is 13.8. The first-order chi connectivity index (χ1) is 6.63. The van der Waals surface area contributed by atoms with Crippen molar-refractivity contribution in [3.05, 3.63) is 32.9 Å². The van der Waals surface area contributed by atoms with Crippen molar-refractivity contribution in [2.24, 2.45) is 0 Å². The van der Waals surface area contributed by atoms with Crippen LogP contribution in [0.2, 0.25) is 5.15 Å². The van der Waals surface area contributed by atoms with Crippen molar-refractivity contribution in [2.45, 2.75) is 6.92 Å². The molecule has 0 aliphatic rings. The molecular weight excluding hydrogens is 265 g/mol. The van der Waals surface area contributed by atoms with Gasteiger partial charge in [-0.05, 0) is 40.5 Å². The molecule has 0 saturated heterocycles. The van der Waals surface area contributed by atoms with Gasteiger partial charge in [-0.25, -0.2) is 0 Å². The summed E-state index contributed by atoms with van der Waals surface area (Å²) in [5, 5.41) is 1.25. The maximum Gasteiger partial charge on any atom is 0.153 e. The van der Waals surface area contributed by atoms with Gasteiger partial charge >= 0.3 is 0 Å². The maximum atomic E-state index is 10.8. The van der Waals surface area contributed by atoms with E-state index in [2.05, 4.69) is 20.9 Å². The van der Waals surface area contributed by atoms with Crippen LogP contribution in [-0.4, -0.2) is 11.3 Å². The molecule has 14 heavy (non-hydrogen) atoms. The number of fused-ring (bicyclic) bond motifs is 1. The summed E-state index contributed by atoms with van der Waals surface area (Å²) in [6.07, 6.45) is 0.771.